The summed E-state index contributed by atoms with van der Waals surface area (Å²) in [5.74, 6) is 1.49. The molecule has 0 radical (unpaired) electrons. The quantitative estimate of drug-likeness (QED) is 0.817. The highest BCUT2D eigenvalue weighted by molar-refractivity contribution is 5.81. The van der Waals surface area contributed by atoms with Gasteiger partial charge in [0.05, 0.1) is 12.1 Å². The summed E-state index contributed by atoms with van der Waals surface area (Å²) in [6.45, 7) is 4.17. The van der Waals surface area contributed by atoms with Crippen LogP contribution in [0.25, 0.3) is 0 Å². The van der Waals surface area contributed by atoms with Crippen LogP contribution in [0.15, 0.2) is 36.5 Å². The Morgan fingerprint density at radius 3 is 2.81 bits per heavy atom. The number of methoxy groups -OCH3 is 1. The molecule has 2 aromatic rings. The van der Waals surface area contributed by atoms with Gasteiger partial charge in [-0.1, -0.05) is 12.1 Å². The van der Waals surface area contributed by atoms with Crippen molar-refractivity contribution in [1.82, 2.24) is 4.98 Å². The summed E-state index contributed by atoms with van der Waals surface area (Å²) in [5, 5.41) is 0. The molecule has 4 heteroatoms. The lowest BCUT2D eigenvalue weighted by molar-refractivity contribution is -0.122. The second kappa shape index (κ2) is 6.99. The Labute approximate surface area is 124 Å². The molecule has 0 fully saturated rings. The zero-order chi connectivity index (χ0) is 15.2. The van der Waals surface area contributed by atoms with Gasteiger partial charge in [-0.25, -0.2) is 0 Å². The molecule has 0 N–H and O–H groups in total. The maximum atomic E-state index is 11.6. The summed E-state index contributed by atoms with van der Waals surface area (Å²) >= 11 is 0. The molecular weight excluding hydrogens is 266 g/mol. The predicted molar refractivity (Wildman–Crippen MR) is 80.8 cm³/mol. The van der Waals surface area contributed by atoms with E-state index < -0.39 is 0 Å². The number of hydrogen-bond acceptors (Lipinski definition) is 4. The first-order valence-corrected chi connectivity index (χ1v) is 6.80. The lowest BCUT2D eigenvalue weighted by atomic mass is 10.1. The number of aryl methyl sites for hydroxylation is 1. The zero-order valence-electron chi connectivity index (χ0n) is 12.6. The third kappa shape index (κ3) is 4.13. The molecule has 0 saturated carbocycles. The molecular formula is C17H19NO3. The van der Waals surface area contributed by atoms with Crippen LogP contribution in [0.1, 0.15) is 16.8 Å². The minimum absolute atomic E-state index is 0.00566. The van der Waals surface area contributed by atoms with Gasteiger partial charge in [-0.05, 0) is 37.1 Å². The highest BCUT2D eigenvalue weighted by Gasteiger charge is 2.07. The number of benzene rings is 1. The Balaban J connectivity index is 2.14. The second-order valence-corrected chi connectivity index (χ2v) is 4.93. The van der Waals surface area contributed by atoms with E-state index in [2.05, 4.69) is 4.98 Å². The Morgan fingerprint density at radius 2 is 2.05 bits per heavy atom. The summed E-state index contributed by atoms with van der Waals surface area (Å²) in [6.07, 6.45) is 1.90. The molecule has 2 rings (SSSR count). The van der Waals surface area contributed by atoms with Crippen LogP contribution in [-0.4, -0.2) is 24.5 Å². The topological polar surface area (TPSA) is 48.4 Å². The number of aromatic nitrogens is 1. The first-order valence-electron chi connectivity index (χ1n) is 6.80. The average Bonchev–Trinajstić information content (AvgIpc) is 2.44. The van der Waals surface area contributed by atoms with Gasteiger partial charge in [0.15, 0.2) is 5.78 Å². The van der Waals surface area contributed by atoms with Crippen molar-refractivity contribution in [1.29, 1.82) is 0 Å². The summed E-state index contributed by atoms with van der Waals surface area (Å²) in [4.78, 5) is 15.8. The van der Waals surface area contributed by atoms with E-state index in [1.54, 1.807) is 18.3 Å². The molecule has 0 saturated heterocycles. The molecule has 110 valence electrons. The lowest BCUT2D eigenvalue weighted by Crippen LogP contribution is -2.10. The van der Waals surface area contributed by atoms with E-state index in [0.29, 0.717) is 11.4 Å². The monoisotopic (exact) mass is 285 g/mol. The SMILES string of the molecule is COCC(=O)Cc1cc(Oc2cccc(C)c2C)ccn1. The van der Waals surface area contributed by atoms with Gasteiger partial charge in [0.25, 0.3) is 0 Å². The number of pyridine rings is 1. The van der Waals surface area contributed by atoms with Crippen molar-refractivity contribution in [2.75, 3.05) is 13.7 Å². The maximum Gasteiger partial charge on any atom is 0.164 e. The van der Waals surface area contributed by atoms with Crippen LogP contribution < -0.4 is 4.74 Å². The minimum atomic E-state index is -0.00566. The standard InChI is InChI=1S/C17H19NO3/c1-12-5-4-6-17(13(12)2)21-16-7-8-18-14(10-16)9-15(19)11-20-3/h4-8,10H,9,11H2,1-3H3. The van der Waals surface area contributed by atoms with Gasteiger partial charge >= 0.3 is 0 Å². The predicted octanol–water partition coefficient (Wildman–Crippen LogP) is 3.25. The number of ether oxygens (including phenoxy) is 2. The van der Waals surface area contributed by atoms with Crippen LogP contribution in [-0.2, 0) is 16.0 Å². The largest absolute Gasteiger partial charge is 0.457 e. The number of carbonyl (C=O) groups is 1. The number of rotatable bonds is 6. The number of carbonyl (C=O) groups excluding carboxylic acids is 1. The van der Waals surface area contributed by atoms with Crippen LogP contribution in [0.3, 0.4) is 0 Å². The van der Waals surface area contributed by atoms with Gasteiger partial charge < -0.3 is 9.47 Å². The smallest absolute Gasteiger partial charge is 0.164 e. The molecule has 0 atom stereocenters. The second-order valence-electron chi connectivity index (χ2n) is 4.93. The van der Waals surface area contributed by atoms with Crippen LogP contribution in [0.4, 0.5) is 0 Å². The maximum absolute atomic E-state index is 11.6. The zero-order valence-corrected chi connectivity index (χ0v) is 12.6. The molecule has 0 spiro atoms. The fourth-order valence-corrected chi connectivity index (χ4v) is 1.99. The van der Waals surface area contributed by atoms with Gasteiger partial charge in [-0.15, -0.1) is 0 Å². The molecule has 0 bridgehead atoms. The molecule has 21 heavy (non-hydrogen) atoms. The number of hydrogen-bond donors (Lipinski definition) is 0. The highest BCUT2D eigenvalue weighted by Crippen LogP contribution is 2.26. The first kappa shape index (κ1) is 15.2. The van der Waals surface area contributed by atoms with Crippen LogP contribution in [0.2, 0.25) is 0 Å². The first-order chi connectivity index (χ1) is 10.1. The normalized spacial score (nSPS) is 10.4. The third-order valence-corrected chi connectivity index (χ3v) is 3.25. The number of Topliss-reactive ketones (excluding diaryl/α,β-unsaturated/α-hetero) is 1. The Morgan fingerprint density at radius 1 is 1.24 bits per heavy atom. The van der Waals surface area contributed by atoms with Gasteiger partial charge in [0, 0.05) is 19.4 Å². The van der Waals surface area contributed by atoms with Crippen molar-refractivity contribution < 1.29 is 14.3 Å². The van der Waals surface area contributed by atoms with E-state index in [-0.39, 0.29) is 18.8 Å². The third-order valence-electron chi connectivity index (χ3n) is 3.25. The molecule has 0 aliphatic heterocycles. The average molecular weight is 285 g/mol. The molecule has 0 unspecified atom stereocenters. The molecule has 0 amide bonds. The molecule has 0 aliphatic rings. The molecule has 1 aromatic heterocycles. The Hall–Kier alpha value is -2.20. The highest BCUT2D eigenvalue weighted by atomic mass is 16.5. The van der Waals surface area contributed by atoms with Crippen molar-refractivity contribution in [3.05, 3.63) is 53.3 Å². The molecule has 1 aromatic carbocycles. The van der Waals surface area contributed by atoms with Gasteiger partial charge in [0.2, 0.25) is 0 Å². The van der Waals surface area contributed by atoms with Crippen LogP contribution in [0.5, 0.6) is 11.5 Å². The van der Waals surface area contributed by atoms with Crippen molar-refractivity contribution in [2.45, 2.75) is 20.3 Å². The molecule has 0 aliphatic carbocycles. The van der Waals surface area contributed by atoms with Crippen LogP contribution >= 0.6 is 0 Å². The van der Waals surface area contributed by atoms with Crippen molar-refractivity contribution in [3.8, 4) is 11.5 Å². The van der Waals surface area contributed by atoms with E-state index in [9.17, 15) is 4.79 Å². The van der Waals surface area contributed by atoms with Gasteiger partial charge in [0.1, 0.15) is 18.1 Å². The van der Waals surface area contributed by atoms with E-state index in [1.807, 2.05) is 32.0 Å². The molecule has 1 heterocycles. The van der Waals surface area contributed by atoms with Crippen molar-refractivity contribution in [2.24, 2.45) is 0 Å². The van der Waals surface area contributed by atoms with Crippen molar-refractivity contribution >= 4 is 5.78 Å². The summed E-state index contributed by atoms with van der Waals surface area (Å²) < 4.78 is 10.7. The lowest BCUT2D eigenvalue weighted by Gasteiger charge is -2.11. The van der Waals surface area contributed by atoms with E-state index in [0.717, 1.165) is 11.3 Å². The Kier molecular flexibility index (Phi) is 5.06. The van der Waals surface area contributed by atoms with E-state index in [1.165, 1.54) is 12.7 Å². The summed E-state index contributed by atoms with van der Waals surface area (Å²) in [7, 11) is 1.51. The minimum Gasteiger partial charge on any atom is -0.457 e. The molecule has 4 nitrogen and oxygen atoms in total. The van der Waals surface area contributed by atoms with Gasteiger partial charge in [-0.2, -0.15) is 0 Å². The number of nitrogens with zero attached hydrogens (tertiary/aromatic N) is 1. The number of ketones is 1. The van der Waals surface area contributed by atoms with E-state index in [4.69, 9.17) is 9.47 Å². The van der Waals surface area contributed by atoms with Gasteiger partial charge in [-0.3, -0.25) is 9.78 Å². The fourth-order valence-electron chi connectivity index (χ4n) is 1.99. The van der Waals surface area contributed by atoms with E-state index >= 15 is 0 Å². The fraction of sp³-hybridized carbons (Fsp3) is 0.294. The summed E-state index contributed by atoms with van der Waals surface area (Å²) in [5.41, 5.74) is 2.96. The Bertz CT molecular complexity index is 638. The summed E-state index contributed by atoms with van der Waals surface area (Å²) in [6, 6.07) is 9.51. The van der Waals surface area contributed by atoms with Crippen molar-refractivity contribution in [3.63, 3.8) is 0 Å². The van der Waals surface area contributed by atoms with Crippen LogP contribution in [0, 0.1) is 13.8 Å².